The molecule has 29 heavy (non-hydrogen) atoms. The van der Waals surface area contributed by atoms with Crippen LogP contribution in [0.2, 0.25) is 0 Å². The van der Waals surface area contributed by atoms with Gasteiger partial charge in [0.2, 0.25) is 5.91 Å². The van der Waals surface area contributed by atoms with Gasteiger partial charge in [-0.1, -0.05) is 6.07 Å². The zero-order chi connectivity index (χ0) is 19.9. The van der Waals surface area contributed by atoms with E-state index in [9.17, 15) is 4.79 Å². The van der Waals surface area contributed by atoms with Gasteiger partial charge in [0.25, 0.3) is 0 Å². The van der Waals surface area contributed by atoms with Gasteiger partial charge in [0.15, 0.2) is 11.5 Å². The van der Waals surface area contributed by atoms with E-state index in [1.165, 1.54) is 0 Å². The van der Waals surface area contributed by atoms with Gasteiger partial charge in [0.05, 0.1) is 27.0 Å². The van der Waals surface area contributed by atoms with Crippen LogP contribution in [0.25, 0.3) is 0 Å². The Labute approximate surface area is 178 Å². The maximum absolute atomic E-state index is 12.5. The van der Waals surface area contributed by atoms with Gasteiger partial charge in [0.1, 0.15) is 5.82 Å². The molecule has 1 fully saturated rings. The number of carbonyl (C=O) groups is 1. The van der Waals surface area contributed by atoms with E-state index in [2.05, 4.69) is 15.7 Å². The number of benzene rings is 1. The second kappa shape index (κ2) is 11.1. The third-order valence-electron chi connectivity index (χ3n) is 5.30. The van der Waals surface area contributed by atoms with Crippen LogP contribution >= 0.6 is 12.4 Å². The van der Waals surface area contributed by atoms with E-state index in [1.54, 1.807) is 20.4 Å². The number of aryl methyl sites for hydroxylation is 1. The van der Waals surface area contributed by atoms with E-state index in [1.807, 2.05) is 29.8 Å². The number of piperidine rings is 1. The lowest BCUT2D eigenvalue weighted by Crippen LogP contribution is -2.28. The summed E-state index contributed by atoms with van der Waals surface area (Å²) in [6.07, 6.45) is 5.58. The second-order valence-corrected chi connectivity index (χ2v) is 7.30. The summed E-state index contributed by atoms with van der Waals surface area (Å²) in [5.41, 5.74) is 1.97. The summed E-state index contributed by atoms with van der Waals surface area (Å²) in [4.78, 5) is 12.5. The van der Waals surface area contributed by atoms with Gasteiger partial charge >= 0.3 is 0 Å². The number of amides is 1. The van der Waals surface area contributed by atoms with Crippen LogP contribution in [-0.4, -0.2) is 43.0 Å². The number of methoxy groups -OCH3 is 2. The molecule has 0 radical (unpaired) electrons. The average Bonchev–Trinajstić information content (AvgIpc) is 3.06. The first-order valence-corrected chi connectivity index (χ1v) is 9.84. The first kappa shape index (κ1) is 23.0. The van der Waals surface area contributed by atoms with Gasteiger partial charge in [-0.3, -0.25) is 4.79 Å². The molecule has 1 aromatic heterocycles. The summed E-state index contributed by atoms with van der Waals surface area (Å²) in [7, 11) is 3.24. The molecule has 2 N–H and O–H groups in total. The third-order valence-corrected chi connectivity index (χ3v) is 5.30. The van der Waals surface area contributed by atoms with Crippen molar-refractivity contribution in [2.24, 2.45) is 5.92 Å². The minimum Gasteiger partial charge on any atom is -0.493 e. The minimum atomic E-state index is 0. The second-order valence-electron chi connectivity index (χ2n) is 7.30. The molecule has 1 aliphatic rings. The molecule has 160 valence electrons. The quantitative estimate of drug-likeness (QED) is 0.681. The Balaban J connectivity index is 0.00000300. The summed E-state index contributed by atoms with van der Waals surface area (Å²) in [5, 5.41) is 10.9. The van der Waals surface area contributed by atoms with E-state index >= 15 is 0 Å². The molecule has 0 saturated carbocycles. The lowest BCUT2D eigenvalue weighted by molar-refractivity contribution is -0.116. The molecule has 1 aliphatic heterocycles. The molecule has 0 bridgehead atoms. The van der Waals surface area contributed by atoms with Crippen LogP contribution in [-0.2, 0) is 11.3 Å². The van der Waals surface area contributed by atoms with Crippen molar-refractivity contribution in [3.05, 3.63) is 35.5 Å². The Bertz CT molecular complexity index is 803. The van der Waals surface area contributed by atoms with Crippen molar-refractivity contribution in [1.29, 1.82) is 0 Å². The molecule has 3 rings (SSSR count). The Morgan fingerprint density at radius 3 is 2.66 bits per heavy atom. The summed E-state index contributed by atoms with van der Waals surface area (Å²) < 4.78 is 12.5. The Morgan fingerprint density at radius 2 is 1.97 bits per heavy atom. The van der Waals surface area contributed by atoms with Gasteiger partial charge in [-0.15, -0.1) is 12.4 Å². The zero-order valence-corrected chi connectivity index (χ0v) is 18.2. The number of carbonyl (C=O) groups excluding carboxylic acids is 1. The number of rotatable bonds is 8. The van der Waals surface area contributed by atoms with E-state index in [0.717, 1.165) is 49.3 Å². The number of halogens is 1. The Morgan fingerprint density at radius 1 is 1.24 bits per heavy atom. The van der Waals surface area contributed by atoms with Crippen LogP contribution in [0.15, 0.2) is 24.4 Å². The number of ether oxygens (including phenoxy) is 2. The molecule has 1 saturated heterocycles. The molecule has 1 amide bonds. The molecule has 0 aliphatic carbocycles. The van der Waals surface area contributed by atoms with Crippen molar-refractivity contribution >= 4 is 24.1 Å². The summed E-state index contributed by atoms with van der Waals surface area (Å²) in [6.45, 7) is 4.62. The molecule has 0 atom stereocenters. The zero-order valence-electron chi connectivity index (χ0n) is 17.4. The normalized spacial score (nSPS) is 14.2. The largest absolute Gasteiger partial charge is 0.493 e. The standard InChI is InChI=1S/C21H30N4O3.ClH/c1-15-13-23-25(14-17-4-6-18(27-2)19(12-17)28-3)21(15)24-20(26)7-5-16-8-10-22-11-9-16;/h4,6,12-13,16,22H,5,7-11,14H2,1-3H3,(H,24,26);1H. The van der Waals surface area contributed by atoms with Crippen molar-refractivity contribution in [2.75, 3.05) is 32.6 Å². The molecule has 0 unspecified atom stereocenters. The van der Waals surface area contributed by atoms with Gasteiger partial charge in [-0.2, -0.15) is 5.10 Å². The predicted octanol–water partition coefficient (Wildman–Crippen LogP) is 3.40. The topological polar surface area (TPSA) is 77.4 Å². The highest BCUT2D eigenvalue weighted by Crippen LogP contribution is 2.28. The maximum atomic E-state index is 12.5. The monoisotopic (exact) mass is 422 g/mol. The van der Waals surface area contributed by atoms with Crippen LogP contribution in [0.1, 0.15) is 36.8 Å². The van der Waals surface area contributed by atoms with Crippen molar-refractivity contribution in [2.45, 2.75) is 39.2 Å². The Hall–Kier alpha value is -2.25. The van der Waals surface area contributed by atoms with Gasteiger partial charge in [-0.25, -0.2) is 4.68 Å². The molecule has 8 heteroatoms. The fourth-order valence-corrected chi connectivity index (χ4v) is 3.61. The van der Waals surface area contributed by atoms with E-state index in [4.69, 9.17) is 9.47 Å². The third kappa shape index (κ3) is 6.11. The van der Waals surface area contributed by atoms with E-state index < -0.39 is 0 Å². The molecule has 1 aromatic carbocycles. The fourth-order valence-electron chi connectivity index (χ4n) is 3.61. The molecule has 2 aromatic rings. The summed E-state index contributed by atoms with van der Waals surface area (Å²) in [5.74, 6) is 2.82. The summed E-state index contributed by atoms with van der Waals surface area (Å²) in [6, 6.07) is 5.78. The minimum absolute atomic E-state index is 0. The number of aromatic nitrogens is 2. The summed E-state index contributed by atoms with van der Waals surface area (Å²) >= 11 is 0. The van der Waals surface area contributed by atoms with Crippen molar-refractivity contribution < 1.29 is 14.3 Å². The lowest BCUT2D eigenvalue weighted by Gasteiger charge is -2.22. The van der Waals surface area contributed by atoms with Crippen molar-refractivity contribution in [3.8, 4) is 11.5 Å². The highest BCUT2D eigenvalue weighted by atomic mass is 35.5. The Kier molecular flexibility index (Phi) is 8.79. The number of hydrogen-bond acceptors (Lipinski definition) is 5. The van der Waals surface area contributed by atoms with Crippen LogP contribution in [0.3, 0.4) is 0 Å². The van der Waals surface area contributed by atoms with Gasteiger partial charge < -0.3 is 20.1 Å². The molecular formula is C21H31ClN4O3. The molecular weight excluding hydrogens is 392 g/mol. The van der Waals surface area contributed by atoms with Crippen molar-refractivity contribution in [1.82, 2.24) is 15.1 Å². The van der Waals surface area contributed by atoms with Gasteiger partial charge in [-0.05, 0) is 62.9 Å². The first-order valence-electron chi connectivity index (χ1n) is 9.84. The first-order chi connectivity index (χ1) is 13.6. The number of anilines is 1. The average molecular weight is 423 g/mol. The predicted molar refractivity (Wildman–Crippen MR) is 116 cm³/mol. The van der Waals surface area contributed by atoms with Gasteiger partial charge in [0, 0.05) is 12.0 Å². The van der Waals surface area contributed by atoms with Crippen LogP contribution < -0.4 is 20.1 Å². The van der Waals surface area contributed by atoms with Crippen molar-refractivity contribution in [3.63, 3.8) is 0 Å². The maximum Gasteiger partial charge on any atom is 0.225 e. The van der Waals surface area contributed by atoms with Crippen LogP contribution in [0, 0.1) is 12.8 Å². The highest BCUT2D eigenvalue weighted by molar-refractivity contribution is 5.90. The van der Waals surface area contributed by atoms with Crippen LogP contribution in [0.4, 0.5) is 5.82 Å². The highest BCUT2D eigenvalue weighted by Gasteiger charge is 2.17. The van der Waals surface area contributed by atoms with E-state index in [-0.39, 0.29) is 18.3 Å². The SMILES string of the molecule is COc1ccc(Cn2ncc(C)c2NC(=O)CCC2CCNCC2)cc1OC.Cl. The molecule has 0 spiro atoms. The molecule has 2 heterocycles. The number of hydrogen-bond donors (Lipinski definition) is 2. The smallest absolute Gasteiger partial charge is 0.225 e. The number of nitrogens with zero attached hydrogens (tertiary/aromatic N) is 2. The number of nitrogens with one attached hydrogen (secondary N) is 2. The van der Waals surface area contributed by atoms with Crippen LogP contribution in [0.5, 0.6) is 11.5 Å². The fraction of sp³-hybridized carbons (Fsp3) is 0.524. The molecule has 7 nitrogen and oxygen atoms in total. The lowest BCUT2D eigenvalue weighted by atomic mass is 9.93. The van der Waals surface area contributed by atoms with E-state index in [0.29, 0.717) is 30.4 Å².